The maximum Gasteiger partial charge on any atom is 0.363 e. The highest BCUT2D eigenvalue weighted by Crippen LogP contribution is 2.23. The lowest BCUT2D eigenvalue weighted by molar-refractivity contribution is -0.389. The third kappa shape index (κ3) is 3.24. The lowest BCUT2D eigenvalue weighted by atomic mass is 10.4. The van der Waals surface area contributed by atoms with E-state index in [0.29, 0.717) is 6.54 Å². The average Bonchev–Trinajstić information content (AvgIpc) is 2.73. The van der Waals surface area contributed by atoms with Crippen LogP contribution in [0.3, 0.4) is 0 Å². The summed E-state index contributed by atoms with van der Waals surface area (Å²) in [7, 11) is 0. The highest BCUT2D eigenvalue weighted by Gasteiger charge is 2.06. The summed E-state index contributed by atoms with van der Waals surface area (Å²) in [5.74, 6) is -0.144. The summed E-state index contributed by atoms with van der Waals surface area (Å²) >= 11 is 5.03. The molecule has 0 atom stereocenters. The number of halogens is 1. The Balaban J connectivity index is 1.97. The number of rotatable bonds is 4. The molecule has 17 heavy (non-hydrogen) atoms. The molecule has 7 heteroatoms. The number of pyridine rings is 1. The summed E-state index contributed by atoms with van der Waals surface area (Å²) in [6, 6.07) is 7.02. The third-order valence-electron chi connectivity index (χ3n) is 2.03. The van der Waals surface area contributed by atoms with Gasteiger partial charge in [0.1, 0.15) is 0 Å². The van der Waals surface area contributed by atoms with Crippen LogP contribution >= 0.6 is 27.3 Å². The lowest BCUT2D eigenvalue weighted by Gasteiger charge is -2.01. The van der Waals surface area contributed by atoms with E-state index in [1.54, 1.807) is 17.4 Å². The highest BCUT2D eigenvalue weighted by molar-refractivity contribution is 9.11. The molecule has 0 radical (unpaired) electrons. The molecular weight excluding hydrogens is 306 g/mol. The molecule has 0 amide bonds. The van der Waals surface area contributed by atoms with Crippen LogP contribution in [0.25, 0.3) is 0 Å². The van der Waals surface area contributed by atoms with Crippen molar-refractivity contribution in [1.82, 2.24) is 4.98 Å². The quantitative estimate of drug-likeness (QED) is 0.693. The van der Waals surface area contributed by atoms with Crippen LogP contribution in [-0.2, 0) is 6.54 Å². The number of aromatic nitrogens is 1. The van der Waals surface area contributed by atoms with Crippen LogP contribution in [0, 0.1) is 10.1 Å². The number of nitrogens with zero attached hydrogens (tertiary/aromatic N) is 2. The second-order valence-corrected chi connectivity index (χ2v) is 5.77. The summed E-state index contributed by atoms with van der Waals surface area (Å²) in [5, 5.41) is 13.6. The molecule has 0 fully saturated rings. The van der Waals surface area contributed by atoms with Gasteiger partial charge in [0.2, 0.25) is 0 Å². The van der Waals surface area contributed by atoms with Crippen molar-refractivity contribution in [2.45, 2.75) is 6.54 Å². The fourth-order valence-electron chi connectivity index (χ4n) is 1.23. The Kier molecular flexibility index (Phi) is 3.70. The predicted octanol–water partition coefficient (Wildman–Crippen LogP) is 3.43. The van der Waals surface area contributed by atoms with Gasteiger partial charge in [-0.1, -0.05) is 0 Å². The standard InChI is InChI=1S/C10H8BrN3O2S/c11-9-3-2-8(17-9)6-12-7-1-4-10(13-5-7)14(15)16/h1-5,12H,6H2. The molecule has 0 spiro atoms. The average molecular weight is 314 g/mol. The zero-order valence-electron chi connectivity index (χ0n) is 8.59. The van der Waals surface area contributed by atoms with E-state index in [9.17, 15) is 10.1 Å². The minimum absolute atomic E-state index is 0.144. The Morgan fingerprint density at radius 3 is 2.76 bits per heavy atom. The molecule has 2 aromatic rings. The predicted molar refractivity (Wildman–Crippen MR) is 70.2 cm³/mol. The van der Waals surface area contributed by atoms with Gasteiger partial charge in [-0.25, -0.2) is 0 Å². The topological polar surface area (TPSA) is 68.1 Å². The molecule has 0 saturated heterocycles. The van der Waals surface area contributed by atoms with E-state index < -0.39 is 4.92 Å². The van der Waals surface area contributed by atoms with Crippen LogP contribution in [0.4, 0.5) is 11.5 Å². The number of hydrogen-bond acceptors (Lipinski definition) is 5. The third-order valence-corrected chi connectivity index (χ3v) is 3.65. The van der Waals surface area contributed by atoms with E-state index >= 15 is 0 Å². The molecule has 2 rings (SSSR count). The fourth-order valence-corrected chi connectivity index (χ4v) is 2.66. The summed E-state index contributed by atoms with van der Waals surface area (Å²) in [4.78, 5) is 14.8. The zero-order chi connectivity index (χ0) is 12.3. The smallest absolute Gasteiger partial charge is 0.363 e. The lowest BCUT2D eigenvalue weighted by Crippen LogP contribution is -1.98. The Hall–Kier alpha value is -1.47. The summed E-state index contributed by atoms with van der Waals surface area (Å²) < 4.78 is 1.08. The van der Waals surface area contributed by atoms with Crippen molar-refractivity contribution in [3.8, 4) is 0 Å². The second-order valence-electron chi connectivity index (χ2n) is 3.22. The van der Waals surface area contributed by atoms with E-state index in [0.717, 1.165) is 9.47 Å². The van der Waals surface area contributed by atoms with E-state index in [-0.39, 0.29) is 5.82 Å². The number of nitrogens with one attached hydrogen (secondary N) is 1. The SMILES string of the molecule is O=[N+]([O-])c1ccc(NCc2ccc(Br)s2)cn1. The minimum Gasteiger partial charge on any atom is -0.377 e. The largest absolute Gasteiger partial charge is 0.377 e. The van der Waals surface area contributed by atoms with Gasteiger partial charge in [0.15, 0.2) is 6.20 Å². The molecule has 0 aliphatic carbocycles. The van der Waals surface area contributed by atoms with Gasteiger partial charge in [-0.15, -0.1) is 11.3 Å². The molecule has 2 heterocycles. The second kappa shape index (κ2) is 5.24. The van der Waals surface area contributed by atoms with Gasteiger partial charge in [0, 0.05) is 17.5 Å². The summed E-state index contributed by atoms with van der Waals surface area (Å²) in [6.07, 6.45) is 1.46. The van der Waals surface area contributed by atoms with Crippen molar-refractivity contribution >= 4 is 38.8 Å². The Labute approximate surface area is 110 Å². The Morgan fingerprint density at radius 1 is 1.41 bits per heavy atom. The van der Waals surface area contributed by atoms with Crippen molar-refractivity contribution in [3.05, 3.63) is 49.2 Å². The molecule has 0 unspecified atom stereocenters. The molecule has 0 aliphatic heterocycles. The van der Waals surface area contributed by atoms with E-state index in [4.69, 9.17) is 0 Å². The fraction of sp³-hybridized carbons (Fsp3) is 0.100. The summed E-state index contributed by atoms with van der Waals surface area (Å²) in [5.41, 5.74) is 0.764. The molecule has 0 aliphatic rings. The number of anilines is 1. The van der Waals surface area contributed by atoms with Gasteiger partial charge in [-0.3, -0.25) is 0 Å². The van der Waals surface area contributed by atoms with Crippen LogP contribution in [0.2, 0.25) is 0 Å². The van der Waals surface area contributed by atoms with Crippen molar-refractivity contribution in [1.29, 1.82) is 0 Å². The Bertz CT molecular complexity index is 527. The van der Waals surface area contributed by atoms with Crippen molar-refractivity contribution in [2.75, 3.05) is 5.32 Å². The zero-order valence-corrected chi connectivity index (χ0v) is 11.0. The van der Waals surface area contributed by atoms with E-state index in [2.05, 4.69) is 26.2 Å². The van der Waals surface area contributed by atoms with Crippen LogP contribution < -0.4 is 5.32 Å². The summed E-state index contributed by atoms with van der Waals surface area (Å²) in [6.45, 7) is 0.676. The molecule has 0 aromatic carbocycles. The first-order chi connectivity index (χ1) is 8.15. The van der Waals surface area contributed by atoms with Crippen LogP contribution in [0.5, 0.6) is 0 Å². The maximum atomic E-state index is 10.4. The molecule has 88 valence electrons. The first-order valence-corrected chi connectivity index (χ1v) is 6.34. The number of hydrogen-bond donors (Lipinski definition) is 1. The van der Waals surface area contributed by atoms with E-state index in [1.165, 1.54) is 17.1 Å². The normalized spacial score (nSPS) is 10.2. The molecule has 0 bridgehead atoms. The molecule has 5 nitrogen and oxygen atoms in total. The van der Waals surface area contributed by atoms with Gasteiger partial charge in [-0.05, 0) is 44.0 Å². The highest BCUT2D eigenvalue weighted by atomic mass is 79.9. The van der Waals surface area contributed by atoms with Crippen LogP contribution in [0.1, 0.15) is 4.88 Å². The van der Waals surface area contributed by atoms with Gasteiger partial charge in [-0.2, -0.15) is 0 Å². The van der Waals surface area contributed by atoms with Crippen molar-refractivity contribution in [2.24, 2.45) is 0 Å². The van der Waals surface area contributed by atoms with Crippen molar-refractivity contribution in [3.63, 3.8) is 0 Å². The van der Waals surface area contributed by atoms with E-state index in [1.807, 2.05) is 12.1 Å². The first-order valence-electron chi connectivity index (χ1n) is 4.73. The van der Waals surface area contributed by atoms with Crippen LogP contribution in [0.15, 0.2) is 34.2 Å². The first kappa shape index (κ1) is 12.0. The molecule has 0 saturated carbocycles. The minimum atomic E-state index is -0.514. The molecular formula is C10H8BrN3O2S. The van der Waals surface area contributed by atoms with Gasteiger partial charge < -0.3 is 15.4 Å². The Morgan fingerprint density at radius 2 is 2.24 bits per heavy atom. The van der Waals surface area contributed by atoms with Gasteiger partial charge in [0.25, 0.3) is 0 Å². The molecule has 1 N–H and O–H groups in total. The monoisotopic (exact) mass is 313 g/mol. The number of nitro groups is 1. The van der Waals surface area contributed by atoms with Crippen molar-refractivity contribution < 1.29 is 4.92 Å². The van der Waals surface area contributed by atoms with Crippen LogP contribution in [-0.4, -0.2) is 9.91 Å². The van der Waals surface area contributed by atoms with Gasteiger partial charge in [0.05, 0.1) is 9.47 Å². The van der Waals surface area contributed by atoms with Gasteiger partial charge >= 0.3 is 5.82 Å². The maximum absolute atomic E-state index is 10.4. The number of thiophene rings is 1. The molecule has 2 aromatic heterocycles.